The third-order valence-corrected chi connectivity index (χ3v) is 3.63. The minimum atomic E-state index is -0.274. The number of carbonyl (C=O) groups excluding carboxylic acids is 2. The molecule has 1 aliphatic rings. The summed E-state index contributed by atoms with van der Waals surface area (Å²) in [6, 6.07) is -0.274. The molecule has 2 unspecified atom stereocenters. The van der Waals surface area contributed by atoms with Crippen LogP contribution in [-0.2, 0) is 9.59 Å². The summed E-state index contributed by atoms with van der Waals surface area (Å²) in [5.74, 6) is 0.399. The molecule has 5 heteroatoms. The average molecular weight is 255 g/mol. The Labute approximate surface area is 109 Å². The maximum absolute atomic E-state index is 12.2. The van der Waals surface area contributed by atoms with Gasteiger partial charge in [0, 0.05) is 20.0 Å². The Morgan fingerprint density at radius 3 is 2.78 bits per heavy atom. The molecule has 1 rings (SSSR count). The summed E-state index contributed by atoms with van der Waals surface area (Å²) in [6.07, 6.45) is 4.07. The van der Waals surface area contributed by atoms with Crippen LogP contribution in [-0.4, -0.2) is 42.9 Å². The summed E-state index contributed by atoms with van der Waals surface area (Å²) in [4.78, 5) is 25.6. The van der Waals surface area contributed by atoms with E-state index in [2.05, 4.69) is 5.32 Å². The van der Waals surface area contributed by atoms with Gasteiger partial charge < -0.3 is 16.0 Å². The fourth-order valence-corrected chi connectivity index (χ4v) is 2.30. The number of likely N-dealkylation sites (N-methyl/N-ethyl adjacent to an activating group) is 1. The second kappa shape index (κ2) is 7.36. The van der Waals surface area contributed by atoms with Crippen LogP contribution < -0.4 is 11.1 Å². The van der Waals surface area contributed by atoms with Gasteiger partial charge in [-0.3, -0.25) is 9.59 Å². The molecule has 5 nitrogen and oxygen atoms in total. The highest BCUT2D eigenvalue weighted by atomic mass is 16.2. The Hall–Kier alpha value is -1.10. The minimum Gasteiger partial charge on any atom is -0.357 e. The van der Waals surface area contributed by atoms with Crippen molar-refractivity contribution in [3.8, 4) is 0 Å². The number of nitrogens with one attached hydrogen (secondary N) is 1. The number of amides is 2. The van der Waals surface area contributed by atoms with Gasteiger partial charge in [-0.15, -0.1) is 0 Å². The zero-order valence-corrected chi connectivity index (χ0v) is 11.4. The van der Waals surface area contributed by atoms with E-state index in [0.717, 1.165) is 25.7 Å². The summed E-state index contributed by atoms with van der Waals surface area (Å²) < 4.78 is 0. The summed E-state index contributed by atoms with van der Waals surface area (Å²) in [5, 5.41) is 2.64. The normalized spacial score (nSPS) is 21.5. The van der Waals surface area contributed by atoms with E-state index < -0.39 is 0 Å². The van der Waals surface area contributed by atoms with Crippen LogP contribution in [0.1, 0.15) is 39.0 Å². The molecule has 1 saturated heterocycles. The molecule has 1 heterocycles. The largest absolute Gasteiger partial charge is 0.357 e. The molecule has 0 aromatic heterocycles. The number of nitrogens with two attached hydrogens (primary N) is 1. The lowest BCUT2D eigenvalue weighted by atomic mass is 9.99. The maximum Gasteiger partial charge on any atom is 0.242 e. The molecule has 0 aromatic carbocycles. The Morgan fingerprint density at radius 2 is 2.17 bits per heavy atom. The van der Waals surface area contributed by atoms with Gasteiger partial charge in [-0.05, 0) is 38.1 Å². The first-order valence-electron chi connectivity index (χ1n) is 6.81. The van der Waals surface area contributed by atoms with Crippen LogP contribution in [0.25, 0.3) is 0 Å². The Morgan fingerprint density at radius 1 is 1.44 bits per heavy atom. The predicted octanol–water partition coefficient (Wildman–Crippen LogP) is 0.489. The van der Waals surface area contributed by atoms with E-state index in [1.54, 1.807) is 11.9 Å². The molecular formula is C13H25N3O2. The zero-order chi connectivity index (χ0) is 13.5. The summed E-state index contributed by atoms with van der Waals surface area (Å²) >= 11 is 0. The number of piperidine rings is 1. The lowest BCUT2D eigenvalue weighted by Gasteiger charge is -2.34. The van der Waals surface area contributed by atoms with Gasteiger partial charge in [0.2, 0.25) is 11.8 Å². The van der Waals surface area contributed by atoms with E-state index in [1.165, 1.54) is 0 Å². The fraction of sp³-hybridized carbons (Fsp3) is 0.846. The van der Waals surface area contributed by atoms with Crippen molar-refractivity contribution in [2.45, 2.75) is 45.1 Å². The monoisotopic (exact) mass is 255 g/mol. The van der Waals surface area contributed by atoms with Crippen molar-refractivity contribution in [3.05, 3.63) is 0 Å². The van der Waals surface area contributed by atoms with E-state index in [4.69, 9.17) is 5.73 Å². The molecule has 104 valence electrons. The smallest absolute Gasteiger partial charge is 0.242 e. The van der Waals surface area contributed by atoms with Crippen molar-refractivity contribution in [1.29, 1.82) is 0 Å². The molecule has 1 fully saturated rings. The van der Waals surface area contributed by atoms with Gasteiger partial charge in [-0.2, -0.15) is 0 Å². The van der Waals surface area contributed by atoms with Gasteiger partial charge >= 0.3 is 0 Å². The van der Waals surface area contributed by atoms with Crippen LogP contribution in [0.4, 0.5) is 0 Å². The Balaban J connectivity index is 2.54. The Bertz CT molecular complexity index is 294. The molecular weight excluding hydrogens is 230 g/mol. The summed E-state index contributed by atoms with van der Waals surface area (Å²) in [7, 11) is 1.62. The van der Waals surface area contributed by atoms with E-state index in [1.807, 2.05) is 6.92 Å². The maximum atomic E-state index is 12.2. The van der Waals surface area contributed by atoms with E-state index >= 15 is 0 Å². The van der Waals surface area contributed by atoms with Crippen LogP contribution in [0.2, 0.25) is 0 Å². The number of nitrogens with zero attached hydrogens (tertiary/aromatic N) is 1. The van der Waals surface area contributed by atoms with Crippen LogP contribution in [0.15, 0.2) is 0 Å². The minimum absolute atomic E-state index is 0.0464. The highest BCUT2D eigenvalue weighted by Crippen LogP contribution is 2.19. The van der Waals surface area contributed by atoms with Gasteiger partial charge in [0.1, 0.15) is 6.04 Å². The fourth-order valence-electron chi connectivity index (χ4n) is 2.30. The SMILES string of the molecule is CNC(=O)C1CCCCN1C(=O)CCC(C)CN. The van der Waals surface area contributed by atoms with E-state index in [0.29, 0.717) is 25.4 Å². The number of hydrogen-bond acceptors (Lipinski definition) is 3. The van der Waals surface area contributed by atoms with Crippen molar-refractivity contribution in [3.63, 3.8) is 0 Å². The average Bonchev–Trinajstić information content (AvgIpc) is 2.43. The van der Waals surface area contributed by atoms with Gasteiger partial charge in [0.25, 0.3) is 0 Å². The number of hydrogen-bond donors (Lipinski definition) is 2. The molecule has 0 aliphatic carbocycles. The third kappa shape index (κ3) is 3.98. The highest BCUT2D eigenvalue weighted by Gasteiger charge is 2.31. The molecule has 3 N–H and O–H groups in total. The number of carbonyl (C=O) groups is 2. The van der Waals surface area contributed by atoms with Gasteiger partial charge in [0.15, 0.2) is 0 Å². The molecule has 0 spiro atoms. The molecule has 1 aliphatic heterocycles. The van der Waals surface area contributed by atoms with Crippen molar-refractivity contribution < 1.29 is 9.59 Å². The molecule has 2 amide bonds. The van der Waals surface area contributed by atoms with E-state index in [-0.39, 0.29) is 17.9 Å². The van der Waals surface area contributed by atoms with Crippen LogP contribution >= 0.6 is 0 Å². The Kier molecular flexibility index (Phi) is 6.12. The summed E-state index contributed by atoms with van der Waals surface area (Å²) in [5.41, 5.74) is 5.54. The zero-order valence-electron chi connectivity index (χ0n) is 11.4. The van der Waals surface area contributed by atoms with Crippen molar-refractivity contribution >= 4 is 11.8 Å². The number of likely N-dealkylation sites (tertiary alicyclic amines) is 1. The molecule has 0 saturated carbocycles. The molecule has 18 heavy (non-hydrogen) atoms. The first-order chi connectivity index (χ1) is 8.60. The standard InChI is InChI=1S/C13H25N3O2/c1-10(9-14)6-7-12(17)16-8-4-3-5-11(16)13(18)15-2/h10-11H,3-9,14H2,1-2H3,(H,15,18). The highest BCUT2D eigenvalue weighted by molar-refractivity contribution is 5.87. The van der Waals surface area contributed by atoms with Crippen LogP contribution in [0.5, 0.6) is 0 Å². The van der Waals surface area contributed by atoms with Crippen molar-refractivity contribution in [2.24, 2.45) is 11.7 Å². The predicted molar refractivity (Wildman–Crippen MR) is 70.9 cm³/mol. The van der Waals surface area contributed by atoms with E-state index in [9.17, 15) is 9.59 Å². The number of rotatable bonds is 5. The van der Waals surface area contributed by atoms with Gasteiger partial charge in [-0.1, -0.05) is 6.92 Å². The van der Waals surface area contributed by atoms with Crippen LogP contribution in [0, 0.1) is 5.92 Å². The third-order valence-electron chi connectivity index (χ3n) is 3.63. The lowest BCUT2D eigenvalue weighted by molar-refractivity contribution is -0.142. The van der Waals surface area contributed by atoms with Gasteiger partial charge in [0.05, 0.1) is 0 Å². The van der Waals surface area contributed by atoms with Gasteiger partial charge in [-0.25, -0.2) is 0 Å². The quantitative estimate of drug-likeness (QED) is 0.750. The topological polar surface area (TPSA) is 75.4 Å². The van der Waals surface area contributed by atoms with Crippen molar-refractivity contribution in [1.82, 2.24) is 10.2 Å². The summed E-state index contributed by atoms with van der Waals surface area (Å²) in [6.45, 7) is 3.35. The molecule has 0 radical (unpaired) electrons. The molecule has 0 aromatic rings. The molecule has 2 atom stereocenters. The second-order valence-electron chi connectivity index (χ2n) is 5.09. The second-order valence-corrected chi connectivity index (χ2v) is 5.09. The van der Waals surface area contributed by atoms with Crippen LogP contribution in [0.3, 0.4) is 0 Å². The first kappa shape index (κ1) is 15.0. The van der Waals surface area contributed by atoms with Crippen molar-refractivity contribution in [2.75, 3.05) is 20.1 Å². The lowest BCUT2D eigenvalue weighted by Crippen LogP contribution is -2.51. The first-order valence-corrected chi connectivity index (χ1v) is 6.81. The molecule has 0 bridgehead atoms.